The van der Waals surface area contributed by atoms with Crippen LogP contribution in [0.2, 0.25) is 0 Å². The van der Waals surface area contributed by atoms with E-state index in [1.165, 1.54) is 6.07 Å². The van der Waals surface area contributed by atoms with Crippen LogP contribution < -0.4 is 11.5 Å². The molecule has 10 heteroatoms. The lowest BCUT2D eigenvalue weighted by atomic mass is 10.00. The Morgan fingerprint density at radius 3 is 2.67 bits per heavy atom. The van der Waals surface area contributed by atoms with E-state index in [2.05, 4.69) is 9.97 Å². The Labute approximate surface area is 187 Å². The standard InChI is InChI=1S/C23H22F3N5O2/c1-11-20-16(10-33-11)15-6-12(2-5-18(15)30-21(20)28)22(32)31(19-7-17(19)27)9-14-4-3-13(8-29-14)23(24,25)26/h2-6,8,11,17,19H,7,9-10,27H2,1H3,(H2,28,30)/t11-,17-,19+/m0/s1. The average molecular weight is 457 g/mol. The summed E-state index contributed by atoms with van der Waals surface area (Å²) in [6.45, 7) is 2.34. The van der Waals surface area contributed by atoms with Crippen LogP contribution in [-0.2, 0) is 24.1 Å². The quantitative estimate of drug-likeness (QED) is 0.620. The number of nitrogen functional groups attached to an aromatic ring is 1. The van der Waals surface area contributed by atoms with Crippen molar-refractivity contribution in [1.29, 1.82) is 0 Å². The molecule has 0 saturated heterocycles. The Morgan fingerprint density at radius 1 is 1.27 bits per heavy atom. The number of amides is 1. The molecule has 1 saturated carbocycles. The number of hydrogen-bond acceptors (Lipinski definition) is 6. The SMILES string of the molecule is C[C@@H]1OCc2c1c(N)nc1ccc(C(=O)N(Cc3ccc(C(F)(F)F)cn3)[C@@H]3C[C@@H]3N)cc21. The molecule has 1 aromatic carbocycles. The maximum Gasteiger partial charge on any atom is 0.417 e. The van der Waals surface area contributed by atoms with E-state index < -0.39 is 11.7 Å². The van der Waals surface area contributed by atoms with Gasteiger partial charge in [0.2, 0.25) is 0 Å². The van der Waals surface area contributed by atoms with E-state index in [9.17, 15) is 18.0 Å². The summed E-state index contributed by atoms with van der Waals surface area (Å²) < 4.78 is 44.3. The van der Waals surface area contributed by atoms with E-state index >= 15 is 0 Å². The van der Waals surface area contributed by atoms with Crippen LogP contribution in [0.25, 0.3) is 10.9 Å². The first-order valence-corrected chi connectivity index (χ1v) is 10.6. The molecule has 0 unspecified atom stereocenters. The predicted octanol–water partition coefficient (Wildman–Crippen LogP) is 3.56. The number of aromatic nitrogens is 2. The van der Waals surface area contributed by atoms with Crippen LogP contribution in [-0.4, -0.2) is 32.9 Å². The molecule has 4 N–H and O–H groups in total. The smallest absolute Gasteiger partial charge is 0.383 e. The summed E-state index contributed by atoms with van der Waals surface area (Å²) in [7, 11) is 0. The first-order chi connectivity index (χ1) is 15.6. The molecule has 2 aliphatic rings. The van der Waals surface area contributed by atoms with Gasteiger partial charge < -0.3 is 21.1 Å². The van der Waals surface area contributed by atoms with Crippen molar-refractivity contribution >= 4 is 22.6 Å². The number of alkyl halides is 3. The molecular weight excluding hydrogens is 435 g/mol. The van der Waals surface area contributed by atoms with Crippen LogP contribution in [0.1, 0.15) is 52.2 Å². The number of pyridine rings is 2. The summed E-state index contributed by atoms with van der Waals surface area (Å²) in [6, 6.07) is 7.06. The Bertz CT molecular complexity index is 1250. The molecule has 5 rings (SSSR count). The predicted molar refractivity (Wildman–Crippen MR) is 115 cm³/mol. The Morgan fingerprint density at radius 2 is 2.03 bits per heavy atom. The summed E-state index contributed by atoms with van der Waals surface area (Å²) in [5.74, 6) is 0.148. The lowest BCUT2D eigenvalue weighted by Gasteiger charge is -2.23. The van der Waals surface area contributed by atoms with Crippen molar-refractivity contribution in [3.63, 3.8) is 0 Å². The van der Waals surface area contributed by atoms with Crippen molar-refractivity contribution in [2.45, 2.75) is 50.9 Å². The van der Waals surface area contributed by atoms with Gasteiger partial charge in [-0.2, -0.15) is 13.2 Å². The van der Waals surface area contributed by atoms with Gasteiger partial charge in [-0.25, -0.2) is 4.98 Å². The van der Waals surface area contributed by atoms with Crippen LogP contribution in [0.5, 0.6) is 0 Å². The lowest BCUT2D eigenvalue weighted by Crippen LogP contribution is -2.36. The largest absolute Gasteiger partial charge is 0.417 e. The van der Waals surface area contributed by atoms with Crippen LogP contribution >= 0.6 is 0 Å². The third-order valence-electron chi connectivity index (χ3n) is 6.25. The number of nitrogens with two attached hydrogens (primary N) is 2. The summed E-state index contributed by atoms with van der Waals surface area (Å²) in [4.78, 5) is 23.4. The Balaban J connectivity index is 1.47. The number of halogens is 3. The van der Waals surface area contributed by atoms with Gasteiger partial charge in [0, 0.05) is 34.8 Å². The van der Waals surface area contributed by atoms with Crippen molar-refractivity contribution < 1.29 is 22.7 Å². The molecule has 2 aromatic heterocycles. The van der Waals surface area contributed by atoms with Gasteiger partial charge in [0.15, 0.2) is 0 Å². The van der Waals surface area contributed by atoms with Crippen molar-refractivity contribution in [2.24, 2.45) is 5.73 Å². The highest BCUT2D eigenvalue weighted by molar-refractivity contribution is 5.99. The molecule has 3 atom stereocenters. The molecule has 7 nitrogen and oxygen atoms in total. The van der Waals surface area contributed by atoms with Crippen LogP contribution in [0, 0.1) is 0 Å². The van der Waals surface area contributed by atoms with Crippen LogP contribution in [0.3, 0.4) is 0 Å². The fraction of sp³-hybridized carbons (Fsp3) is 0.348. The van der Waals surface area contributed by atoms with Gasteiger partial charge in [-0.15, -0.1) is 0 Å². The van der Waals surface area contributed by atoms with Crippen LogP contribution in [0.15, 0.2) is 36.5 Å². The molecule has 0 spiro atoms. The van der Waals surface area contributed by atoms with Gasteiger partial charge in [-0.3, -0.25) is 9.78 Å². The molecular formula is C23H22F3N5O2. The summed E-state index contributed by atoms with van der Waals surface area (Å²) >= 11 is 0. The molecule has 172 valence electrons. The van der Waals surface area contributed by atoms with Gasteiger partial charge >= 0.3 is 6.18 Å². The van der Waals surface area contributed by atoms with Gasteiger partial charge in [0.05, 0.1) is 36.0 Å². The molecule has 1 aliphatic carbocycles. The average Bonchev–Trinajstić information content (AvgIpc) is 3.36. The Kier molecular flexibility index (Phi) is 5.02. The van der Waals surface area contributed by atoms with Crippen LogP contribution in [0.4, 0.5) is 19.0 Å². The molecule has 1 amide bonds. The minimum absolute atomic E-state index is 0.0611. The number of ether oxygens (including phenoxy) is 1. The molecule has 3 aromatic rings. The van der Waals surface area contributed by atoms with Crippen molar-refractivity contribution in [2.75, 3.05) is 5.73 Å². The molecule has 3 heterocycles. The number of carbonyl (C=O) groups is 1. The summed E-state index contributed by atoms with van der Waals surface area (Å²) in [6.07, 6.45) is -3.24. The minimum Gasteiger partial charge on any atom is -0.383 e. The molecule has 33 heavy (non-hydrogen) atoms. The molecule has 0 bridgehead atoms. The second kappa shape index (κ2) is 7.67. The molecule has 1 fully saturated rings. The van der Waals surface area contributed by atoms with E-state index in [0.717, 1.165) is 28.8 Å². The number of benzene rings is 1. The normalized spacial score (nSPS) is 21.8. The van der Waals surface area contributed by atoms with Gasteiger partial charge in [0.1, 0.15) is 5.82 Å². The van der Waals surface area contributed by atoms with Gasteiger partial charge in [-0.1, -0.05) is 0 Å². The maximum atomic E-state index is 13.5. The van der Waals surface area contributed by atoms with E-state index in [-0.39, 0.29) is 30.6 Å². The fourth-order valence-corrected chi connectivity index (χ4v) is 4.32. The monoisotopic (exact) mass is 457 g/mol. The topological polar surface area (TPSA) is 107 Å². The number of hydrogen-bond donors (Lipinski definition) is 2. The van der Waals surface area contributed by atoms with Crippen molar-refractivity contribution in [1.82, 2.24) is 14.9 Å². The molecule has 0 radical (unpaired) electrons. The number of rotatable bonds is 4. The minimum atomic E-state index is -4.47. The highest BCUT2D eigenvalue weighted by atomic mass is 19.4. The summed E-state index contributed by atoms with van der Waals surface area (Å²) in [5.41, 5.74) is 14.5. The Hall–Kier alpha value is -3.24. The second-order valence-corrected chi connectivity index (χ2v) is 8.51. The van der Waals surface area contributed by atoms with Gasteiger partial charge in [0.25, 0.3) is 5.91 Å². The number of fused-ring (bicyclic) bond motifs is 3. The van der Waals surface area contributed by atoms with Gasteiger partial charge in [-0.05, 0) is 49.2 Å². The molecule has 1 aliphatic heterocycles. The van der Waals surface area contributed by atoms with E-state index in [4.69, 9.17) is 16.2 Å². The van der Waals surface area contributed by atoms with Crippen molar-refractivity contribution in [3.05, 3.63) is 64.5 Å². The number of nitrogens with zero attached hydrogens (tertiary/aromatic N) is 3. The maximum absolute atomic E-state index is 13.5. The van der Waals surface area contributed by atoms with Crippen molar-refractivity contribution in [3.8, 4) is 0 Å². The third kappa shape index (κ3) is 3.89. The van der Waals surface area contributed by atoms with E-state index in [1.54, 1.807) is 23.1 Å². The summed E-state index contributed by atoms with van der Waals surface area (Å²) in [5, 5.41) is 0.794. The zero-order valence-corrected chi connectivity index (χ0v) is 17.8. The first-order valence-electron chi connectivity index (χ1n) is 10.6. The second-order valence-electron chi connectivity index (χ2n) is 8.51. The van der Waals surface area contributed by atoms with E-state index in [1.807, 2.05) is 6.92 Å². The zero-order chi connectivity index (χ0) is 23.5. The number of carbonyl (C=O) groups excluding carboxylic acids is 1. The zero-order valence-electron chi connectivity index (χ0n) is 17.8. The lowest BCUT2D eigenvalue weighted by molar-refractivity contribution is -0.137. The fourth-order valence-electron chi connectivity index (χ4n) is 4.32. The third-order valence-corrected chi connectivity index (χ3v) is 6.25. The number of anilines is 1. The highest BCUT2D eigenvalue weighted by Gasteiger charge is 2.42. The highest BCUT2D eigenvalue weighted by Crippen LogP contribution is 2.38. The first kappa shape index (κ1) is 21.6. The van der Waals surface area contributed by atoms with E-state index in [0.29, 0.717) is 35.6 Å².